The van der Waals surface area contributed by atoms with Crippen LogP contribution in [0.25, 0.3) is 0 Å². The van der Waals surface area contributed by atoms with E-state index in [-0.39, 0.29) is 30.3 Å². The quantitative estimate of drug-likeness (QED) is 0.834. The molecule has 0 aliphatic carbocycles. The van der Waals surface area contributed by atoms with E-state index in [2.05, 4.69) is 0 Å². The summed E-state index contributed by atoms with van der Waals surface area (Å²) in [5.41, 5.74) is -0.308. The van der Waals surface area contributed by atoms with Gasteiger partial charge in [0.1, 0.15) is 5.75 Å². The van der Waals surface area contributed by atoms with Crippen molar-refractivity contribution < 1.29 is 14.3 Å². The van der Waals surface area contributed by atoms with Gasteiger partial charge in [0.15, 0.2) is 12.4 Å². The van der Waals surface area contributed by atoms with Crippen molar-refractivity contribution in [1.82, 2.24) is 4.90 Å². The molecular weight excluding hydrogens is 242 g/mol. The second-order valence-electron chi connectivity index (χ2n) is 5.47. The SMILES string of the molecule is CC1(C)CCN(C(=O)COc2ccccc2)CC1=O. The number of hydrogen-bond acceptors (Lipinski definition) is 3. The molecule has 0 bridgehead atoms. The Kier molecular flexibility index (Phi) is 3.88. The Morgan fingerprint density at radius 3 is 2.63 bits per heavy atom. The van der Waals surface area contributed by atoms with E-state index >= 15 is 0 Å². The van der Waals surface area contributed by atoms with Gasteiger partial charge in [-0.2, -0.15) is 0 Å². The zero-order valence-electron chi connectivity index (χ0n) is 11.4. The lowest BCUT2D eigenvalue weighted by molar-refractivity contribution is -0.144. The molecule has 0 spiro atoms. The van der Waals surface area contributed by atoms with E-state index in [4.69, 9.17) is 4.74 Å². The molecule has 0 radical (unpaired) electrons. The van der Waals surface area contributed by atoms with Crippen LogP contribution in [0.5, 0.6) is 5.75 Å². The number of carbonyl (C=O) groups is 2. The summed E-state index contributed by atoms with van der Waals surface area (Å²) in [6, 6.07) is 9.20. The minimum absolute atomic E-state index is 0.0161. The third kappa shape index (κ3) is 3.34. The maximum Gasteiger partial charge on any atom is 0.260 e. The fraction of sp³-hybridized carbons (Fsp3) is 0.467. The average Bonchev–Trinajstić information content (AvgIpc) is 2.40. The van der Waals surface area contributed by atoms with Gasteiger partial charge in [-0.1, -0.05) is 32.0 Å². The summed E-state index contributed by atoms with van der Waals surface area (Å²) in [4.78, 5) is 25.4. The molecule has 1 aliphatic rings. The molecule has 2 rings (SSSR count). The number of piperidine rings is 1. The molecule has 0 N–H and O–H groups in total. The Hall–Kier alpha value is -1.84. The zero-order chi connectivity index (χ0) is 13.9. The van der Waals surface area contributed by atoms with Gasteiger partial charge < -0.3 is 9.64 Å². The topological polar surface area (TPSA) is 46.6 Å². The monoisotopic (exact) mass is 261 g/mol. The highest BCUT2D eigenvalue weighted by molar-refractivity contribution is 5.91. The Morgan fingerprint density at radius 2 is 2.00 bits per heavy atom. The molecule has 4 nitrogen and oxygen atoms in total. The van der Waals surface area contributed by atoms with Crippen LogP contribution in [0.2, 0.25) is 0 Å². The van der Waals surface area contributed by atoms with Gasteiger partial charge in [0.05, 0.1) is 6.54 Å². The number of ketones is 1. The number of likely N-dealkylation sites (tertiary alicyclic amines) is 1. The van der Waals surface area contributed by atoms with Crippen LogP contribution in [0.1, 0.15) is 20.3 Å². The molecule has 1 fully saturated rings. The predicted molar refractivity (Wildman–Crippen MR) is 71.9 cm³/mol. The van der Waals surface area contributed by atoms with Crippen molar-refractivity contribution in [2.45, 2.75) is 20.3 Å². The Balaban J connectivity index is 1.86. The minimum Gasteiger partial charge on any atom is -0.484 e. The van der Waals surface area contributed by atoms with Crippen molar-refractivity contribution in [2.75, 3.05) is 19.7 Å². The van der Waals surface area contributed by atoms with Crippen molar-refractivity contribution in [3.63, 3.8) is 0 Å². The Labute approximate surface area is 113 Å². The molecule has 1 amide bonds. The molecule has 1 aromatic rings. The maximum absolute atomic E-state index is 12.0. The molecule has 0 atom stereocenters. The van der Waals surface area contributed by atoms with Crippen LogP contribution in [0.15, 0.2) is 30.3 Å². The Morgan fingerprint density at radius 1 is 1.32 bits per heavy atom. The summed E-state index contributed by atoms with van der Waals surface area (Å²) < 4.78 is 5.41. The minimum atomic E-state index is -0.308. The van der Waals surface area contributed by atoms with Gasteiger partial charge in [-0.05, 0) is 18.6 Å². The number of rotatable bonds is 3. The van der Waals surface area contributed by atoms with Gasteiger partial charge in [-0.15, -0.1) is 0 Å². The maximum atomic E-state index is 12.0. The van der Waals surface area contributed by atoms with Gasteiger partial charge >= 0.3 is 0 Å². The standard InChI is InChI=1S/C15H19NO3/c1-15(2)8-9-16(10-13(15)17)14(18)11-19-12-6-4-3-5-7-12/h3-7H,8-11H2,1-2H3. The number of carbonyl (C=O) groups excluding carboxylic acids is 2. The van der Waals surface area contributed by atoms with E-state index < -0.39 is 0 Å². The number of ether oxygens (including phenoxy) is 1. The lowest BCUT2D eigenvalue weighted by atomic mass is 9.81. The molecule has 1 aliphatic heterocycles. The highest BCUT2D eigenvalue weighted by Crippen LogP contribution is 2.26. The molecule has 1 aromatic carbocycles. The smallest absolute Gasteiger partial charge is 0.260 e. The largest absolute Gasteiger partial charge is 0.484 e. The Bertz CT molecular complexity index is 468. The van der Waals surface area contributed by atoms with Crippen LogP contribution in [-0.2, 0) is 9.59 Å². The van der Waals surface area contributed by atoms with Gasteiger partial charge in [0, 0.05) is 12.0 Å². The van der Waals surface area contributed by atoms with E-state index in [1.54, 1.807) is 17.0 Å². The molecule has 102 valence electrons. The van der Waals surface area contributed by atoms with Gasteiger partial charge in [0.25, 0.3) is 5.91 Å². The second kappa shape index (κ2) is 5.43. The molecule has 4 heteroatoms. The molecular formula is C15H19NO3. The summed E-state index contributed by atoms with van der Waals surface area (Å²) in [5, 5.41) is 0. The zero-order valence-corrected chi connectivity index (χ0v) is 11.4. The average molecular weight is 261 g/mol. The first-order valence-corrected chi connectivity index (χ1v) is 6.48. The van der Waals surface area contributed by atoms with Crippen LogP contribution in [0.3, 0.4) is 0 Å². The van der Waals surface area contributed by atoms with Crippen LogP contribution in [-0.4, -0.2) is 36.3 Å². The first kappa shape index (κ1) is 13.6. The molecule has 1 heterocycles. The molecule has 19 heavy (non-hydrogen) atoms. The van der Waals surface area contributed by atoms with Crippen LogP contribution >= 0.6 is 0 Å². The number of hydrogen-bond donors (Lipinski definition) is 0. The fourth-order valence-electron chi connectivity index (χ4n) is 1.99. The van der Waals surface area contributed by atoms with E-state index in [0.717, 1.165) is 0 Å². The van der Waals surface area contributed by atoms with Gasteiger partial charge in [-0.25, -0.2) is 0 Å². The lowest BCUT2D eigenvalue weighted by Crippen LogP contribution is -2.49. The van der Waals surface area contributed by atoms with Crippen molar-refractivity contribution in [3.05, 3.63) is 30.3 Å². The third-order valence-electron chi connectivity index (χ3n) is 3.55. The summed E-state index contributed by atoms with van der Waals surface area (Å²) in [7, 11) is 0. The first-order chi connectivity index (χ1) is 8.99. The lowest BCUT2D eigenvalue weighted by Gasteiger charge is -2.35. The third-order valence-corrected chi connectivity index (χ3v) is 3.55. The van der Waals surface area contributed by atoms with Crippen molar-refractivity contribution in [1.29, 1.82) is 0 Å². The van der Waals surface area contributed by atoms with E-state index in [0.29, 0.717) is 18.7 Å². The summed E-state index contributed by atoms with van der Waals surface area (Å²) >= 11 is 0. The van der Waals surface area contributed by atoms with Gasteiger partial charge in [-0.3, -0.25) is 9.59 Å². The van der Waals surface area contributed by atoms with Crippen LogP contribution in [0.4, 0.5) is 0 Å². The van der Waals surface area contributed by atoms with Crippen molar-refractivity contribution >= 4 is 11.7 Å². The summed E-state index contributed by atoms with van der Waals surface area (Å²) in [5.74, 6) is 0.652. The molecule has 0 unspecified atom stereocenters. The van der Waals surface area contributed by atoms with E-state index in [1.807, 2.05) is 32.0 Å². The van der Waals surface area contributed by atoms with E-state index in [1.165, 1.54) is 0 Å². The molecule has 0 aromatic heterocycles. The summed E-state index contributed by atoms with van der Waals surface area (Å²) in [6.07, 6.45) is 0.711. The van der Waals surface area contributed by atoms with Crippen molar-refractivity contribution in [2.24, 2.45) is 5.41 Å². The van der Waals surface area contributed by atoms with E-state index in [9.17, 15) is 9.59 Å². The first-order valence-electron chi connectivity index (χ1n) is 6.48. The second-order valence-corrected chi connectivity index (χ2v) is 5.47. The number of nitrogens with zero attached hydrogens (tertiary/aromatic N) is 1. The normalized spacial score (nSPS) is 18.2. The summed E-state index contributed by atoms with van der Waals surface area (Å²) in [6.45, 7) is 4.66. The number of Topliss-reactive ketones (excluding diaryl/α,β-unsaturated/α-hetero) is 1. The number of para-hydroxylation sites is 1. The van der Waals surface area contributed by atoms with Crippen LogP contribution in [0, 0.1) is 5.41 Å². The number of amides is 1. The molecule has 1 saturated heterocycles. The number of benzene rings is 1. The highest BCUT2D eigenvalue weighted by atomic mass is 16.5. The fourth-order valence-corrected chi connectivity index (χ4v) is 1.99. The molecule has 0 saturated carbocycles. The van der Waals surface area contributed by atoms with Crippen molar-refractivity contribution in [3.8, 4) is 5.75 Å². The van der Waals surface area contributed by atoms with Gasteiger partial charge in [0.2, 0.25) is 0 Å². The predicted octanol–water partition coefficient (Wildman–Crippen LogP) is 1.89. The van der Waals surface area contributed by atoms with Crippen LogP contribution < -0.4 is 4.74 Å². The highest BCUT2D eigenvalue weighted by Gasteiger charge is 2.35.